The highest BCUT2D eigenvalue weighted by Gasteiger charge is 2.64. The van der Waals surface area contributed by atoms with Gasteiger partial charge < -0.3 is 14.8 Å². The average molecular weight is 422 g/mol. The second-order valence-electron chi connectivity index (χ2n) is 7.23. The molecule has 7 heteroatoms. The highest BCUT2D eigenvalue weighted by Crippen LogP contribution is 2.57. The molecule has 3 fully saturated rings. The summed E-state index contributed by atoms with van der Waals surface area (Å²) in [7, 11) is 0. The molecule has 1 heterocycles. The van der Waals surface area contributed by atoms with Crippen LogP contribution in [-0.4, -0.2) is 30.6 Å². The lowest BCUT2D eigenvalue weighted by Crippen LogP contribution is -2.35. The molecule has 3 aliphatic rings. The normalized spacial score (nSPS) is 31.0. The number of rotatable bonds is 5. The van der Waals surface area contributed by atoms with E-state index in [0.29, 0.717) is 5.69 Å². The molecule has 5 atom stereocenters. The summed E-state index contributed by atoms with van der Waals surface area (Å²) < 4.78 is 11.5. The van der Waals surface area contributed by atoms with Crippen molar-refractivity contribution in [2.75, 3.05) is 11.9 Å². The minimum Gasteiger partial charge on any atom is -0.462 e. The van der Waals surface area contributed by atoms with Crippen molar-refractivity contribution >= 4 is 39.5 Å². The van der Waals surface area contributed by atoms with E-state index in [0.717, 1.165) is 29.3 Å². The van der Waals surface area contributed by atoms with Crippen LogP contribution in [0.25, 0.3) is 0 Å². The minimum absolute atomic E-state index is 0.0188. The van der Waals surface area contributed by atoms with Crippen molar-refractivity contribution in [1.82, 2.24) is 0 Å². The largest absolute Gasteiger partial charge is 0.462 e. The topological polar surface area (TPSA) is 81.7 Å². The maximum atomic E-state index is 12.5. The molecule has 2 saturated carbocycles. The number of carbonyl (C=O) groups is 3. The first kappa shape index (κ1) is 17.5. The molecule has 4 rings (SSSR count). The maximum Gasteiger partial charge on any atom is 0.310 e. The Balaban J connectivity index is 1.35. The quantitative estimate of drug-likeness (QED) is 0.738. The molecule has 0 aromatic heterocycles. The van der Waals surface area contributed by atoms with E-state index in [1.165, 1.54) is 0 Å². The van der Waals surface area contributed by atoms with Gasteiger partial charge in [0.2, 0.25) is 0 Å². The van der Waals surface area contributed by atoms with Crippen molar-refractivity contribution in [2.24, 2.45) is 23.7 Å². The molecule has 0 spiro atoms. The summed E-state index contributed by atoms with van der Waals surface area (Å²) in [5.74, 6) is -1.69. The number of hydrogen-bond acceptors (Lipinski definition) is 5. The Labute approximate surface area is 159 Å². The molecule has 1 N–H and O–H groups in total. The SMILES string of the molecule is CCc1cc(Br)ccc1NC(=O)COC(=O)[C@@H]1[C@@H]2C[C@@H]3[C@@H]1C(=O)O[C@@H]3C2. The van der Waals surface area contributed by atoms with Crippen LogP contribution in [0.15, 0.2) is 22.7 Å². The van der Waals surface area contributed by atoms with Crippen LogP contribution >= 0.6 is 15.9 Å². The molecule has 26 heavy (non-hydrogen) atoms. The lowest BCUT2D eigenvalue weighted by atomic mass is 9.80. The van der Waals surface area contributed by atoms with Crippen LogP contribution < -0.4 is 5.32 Å². The van der Waals surface area contributed by atoms with Crippen LogP contribution in [0.3, 0.4) is 0 Å². The summed E-state index contributed by atoms with van der Waals surface area (Å²) >= 11 is 3.41. The van der Waals surface area contributed by atoms with Crippen LogP contribution in [-0.2, 0) is 30.3 Å². The fourth-order valence-electron chi connectivity index (χ4n) is 4.72. The minimum atomic E-state index is -0.460. The molecular weight excluding hydrogens is 402 g/mol. The number of halogens is 1. The van der Waals surface area contributed by atoms with Gasteiger partial charge in [-0.15, -0.1) is 0 Å². The van der Waals surface area contributed by atoms with Gasteiger partial charge in [0.25, 0.3) is 5.91 Å². The lowest BCUT2D eigenvalue weighted by Gasteiger charge is -2.22. The third-order valence-electron chi connectivity index (χ3n) is 5.82. The van der Waals surface area contributed by atoms with Gasteiger partial charge in [0.05, 0.1) is 11.8 Å². The molecule has 2 aliphatic carbocycles. The van der Waals surface area contributed by atoms with Gasteiger partial charge in [0, 0.05) is 16.1 Å². The standard InChI is InChI=1S/C19H20BrNO5/c1-2-9-5-11(20)3-4-13(9)21-15(22)8-25-18(23)16-10-6-12-14(7-10)26-19(24)17(12)16/h3-5,10,12,14,16-17H,2,6-8H2,1H3,(H,21,22)/t10-,12+,14-,16-,17+/m1/s1. The Kier molecular flexibility index (Phi) is 4.50. The van der Waals surface area contributed by atoms with Gasteiger partial charge in [-0.05, 0) is 48.9 Å². The van der Waals surface area contributed by atoms with Gasteiger partial charge in [-0.25, -0.2) is 0 Å². The number of fused-ring (bicyclic) bond motifs is 1. The van der Waals surface area contributed by atoms with Crippen molar-refractivity contribution in [1.29, 1.82) is 0 Å². The number of ether oxygens (including phenoxy) is 2. The van der Waals surface area contributed by atoms with Gasteiger partial charge in [0.15, 0.2) is 6.61 Å². The van der Waals surface area contributed by atoms with E-state index in [4.69, 9.17) is 9.47 Å². The third-order valence-corrected chi connectivity index (χ3v) is 6.32. The van der Waals surface area contributed by atoms with E-state index in [9.17, 15) is 14.4 Å². The summed E-state index contributed by atoms with van der Waals surface area (Å²) in [6.07, 6.45) is 2.32. The zero-order valence-corrected chi connectivity index (χ0v) is 16.0. The van der Waals surface area contributed by atoms with Crippen LogP contribution in [0.4, 0.5) is 5.69 Å². The zero-order valence-electron chi connectivity index (χ0n) is 14.4. The summed E-state index contributed by atoms with van der Waals surface area (Å²) in [6, 6.07) is 5.60. The number of carbonyl (C=O) groups excluding carboxylic acids is 3. The fourth-order valence-corrected chi connectivity index (χ4v) is 5.13. The Morgan fingerprint density at radius 3 is 2.92 bits per heavy atom. The number of benzene rings is 1. The Morgan fingerprint density at radius 2 is 2.15 bits per heavy atom. The molecule has 2 bridgehead atoms. The molecule has 0 radical (unpaired) electrons. The Hall–Kier alpha value is -1.89. The highest BCUT2D eigenvalue weighted by atomic mass is 79.9. The van der Waals surface area contributed by atoms with Gasteiger partial charge in [0.1, 0.15) is 6.10 Å². The van der Waals surface area contributed by atoms with E-state index >= 15 is 0 Å². The number of nitrogens with one attached hydrogen (secondary N) is 1. The van der Waals surface area contributed by atoms with Crippen LogP contribution in [0, 0.1) is 23.7 Å². The molecule has 1 saturated heterocycles. The number of aryl methyl sites for hydroxylation is 1. The second-order valence-corrected chi connectivity index (χ2v) is 8.15. The predicted octanol–water partition coefficient (Wildman–Crippen LogP) is 2.69. The van der Waals surface area contributed by atoms with Crippen molar-refractivity contribution in [2.45, 2.75) is 32.3 Å². The van der Waals surface area contributed by atoms with E-state index in [1.807, 2.05) is 25.1 Å². The fraction of sp³-hybridized carbons (Fsp3) is 0.526. The zero-order chi connectivity index (χ0) is 18.4. The molecule has 6 nitrogen and oxygen atoms in total. The number of hydrogen-bond donors (Lipinski definition) is 1. The Bertz CT molecular complexity index is 777. The molecule has 0 unspecified atom stereocenters. The van der Waals surface area contributed by atoms with Gasteiger partial charge in [-0.3, -0.25) is 14.4 Å². The predicted molar refractivity (Wildman–Crippen MR) is 96.2 cm³/mol. The van der Waals surface area contributed by atoms with Crippen LogP contribution in [0.1, 0.15) is 25.3 Å². The molecule has 1 amide bonds. The smallest absolute Gasteiger partial charge is 0.310 e. The average Bonchev–Trinajstić information content (AvgIpc) is 3.23. The number of anilines is 1. The lowest BCUT2D eigenvalue weighted by molar-refractivity contribution is -0.157. The van der Waals surface area contributed by atoms with E-state index < -0.39 is 11.9 Å². The first-order chi connectivity index (χ1) is 12.5. The van der Waals surface area contributed by atoms with Gasteiger partial charge in [-0.1, -0.05) is 22.9 Å². The highest BCUT2D eigenvalue weighted by molar-refractivity contribution is 9.10. The van der Waals surface area contributed by atoms with Crippen LogP contribution in [0.5, 0.6) is 0 Å². The van der Waals surface area contributed by atoms with Crippen molar-refractivity contribution in [3.63, 3.8) is 0 Å². The first-order valence-electron chi connectivity index (χ1n) is 8.93. The van der Waals surface area contributed by atoms with Crippen LogP contribution in [0.2, 0.25) is 0 Å². The maximum absolute atomic E-state index is 12.5. The third kappa shape index (κ3) is 2.92. The van der Waals surface area contributed by atoms with Gasteiger partial charge >= 0.3 is 11.9 Å². The summed E-state index contributed by atoms with van der Waals surface area (Å²) in [4.78, 5) is 36.6. The van der Waals surface area contributed by atoms with Crippen molar-refractivity contribution in [3.05, 3.63) is 28.2 Å². The summed E-state index contributed by atoms with van der Waals surface area (Å²) in [5, 5.41) is 2.78. The van der Waals surface area contributed by atoms with E-state index in [2.05, 4.69) is 21.2 Å². The number of amides is 1. The number of esters is 2. The van der Waals surface area contributed by atoms with Crippen molar-refractivity contribution in [3.8, 4) is 0 Å². The van der Waals surface area contributed by atoms with Crippen molar-refractivity contribution < 1.29 is 23.9 Å². The molecule has 1 aliphatic heterocycles. The molecule has 138 valence electrons. The van der Waals surface area contributed by atoms with E-state index in [-0.39, 0.29) is 42.3 Å². The monoisotopic (exact) mass is 421 g/mol. The Morgan fingerprint density at radius 1 is 1.35 bits per heavy atom. The van der Waals surface area contributed by atoms with Gasteiger partial charge in [-0.2, -0.15) is 0 Å². The molecule has 1 aromatic carbocycles. The summed E-state index contributed by atoms with van der Waals surface area (Å²) in [5.41, 5.74) is 1.70. The first-order valence-corrected chi connectivity index (χ1v) is 9.72. The molecular formula is C19H20BrNO5. The molecule has 1 aromatic rings. The second kappa shape index (κ2) is 6.68. The summed E-state index contributed by atoms with van der Waals surface area (Å²) in [6.45, 7) is 1.65. The van der Waals surface area contributed by atoms with E-state index in [1.54, 1.807) is 0 Å².